The normalized spacial score (nSPS) is 13.9. The van der Waals surface area contributed by atoms with Crippen molar-refractivity contribution in [1.29, 1.82) is 0 Å². The second kappa shape index (κ2) is 7.29. The highest BCUT2D eigenvalue weighted by atomic mass is 16.2. The molecule has 0 radical (unpaired) electrons. The maximum atomic E-state index is 12.4. The highest BCUT2D eigenvalue weighted by Crippen LogP contribution is 2.13. The van der Waals surface area contributed by atoms with Crippen molar-refractivity contribution in [3.63, 3.8) is 0 Å². The third-order valence-electron chi connectivity index (χ3n) is 3.44. The minimum atomic E-state index is -0.735. The van der Waals surface area contributed by atoms with E-state index in [-0.39, 0.29) is 5.91 Å². The van der Waals surface area contributed by atoms with Crippen molar-refractivity contribution in [3.05, 3.63) is 35.9 Å². The Balaban J connectivity index is 2.60. The molecule has 0 saturated carbocycles. The zero-order valence-electron chi connectivity index (χ0n) is 12.4. The van der Waals surface area contributed by atoms with Crippen molar-refractivity contribution < 1.29 is 4.79 Å². The summed E-state index contributed by atoms with van der Waals surface area (Å²) in [6.45, 7) is 7.34. The smallest absolute Gasteiger partial charge is 0.242 e. The van der Waals surface area contributed by atoms with Crippen LogP contribution in [0.15, 0.2) is 30.3 Å². The van der Waals surface area contributed by atoms with Gasteiger partial charge < -0.3 is 10.6 Å². The summed E-state index contributed by atoms with van der Waals surface area (Å²) < 4.78 is 0. The first kappa shape index (κ1) is 15.7. The van der Waals surface area contributed by atoms with E-state index in [0.717, 1.165) is 25.8 Å². The van der Waals surface area contributed by atoms with Gasteiger partial charge in [-0.3, -0.25) is 4.79 Å². The Morgan fingerprint density at radius 3 is 2.42 bits per heavy atom. The van der Waals surface area contributed by atoms with Crippen molar-refractivity contribution in [2.75, 3.05) is 13.1 Å². The molecule has 19 heavy (non-hydrogen) atoms. The zero-order chi connectivity index (χ0) is 14.3. The molecule has 3 nitrogen and oxygen atoms in total. The highest BCUT2D eigenvalue weighted by molar-refractivity contribution is 5.85. The van der Waals surface area contributed by atoms with Crippen LogP contribution < -0.4 is 5.73 Å². The molecule has 0 heterocycles. The van der Waals surface area contributed by atoms with E-state index < -0.39 is 5.54 Å². The molecular weight excluding hydrogens is 236 g/mol. The molecule has 0 aliphatic carbocycles. The Kier molecular flexibility index (Phi) is 6.03. The quantitative estimate of drug-likeness (QED) is 0.821. The van der Waals surface area contributed by atoms with Gasteiger partial charge in [-0.05, 0) is 32.3 Å². The number of benzene rings is 1. The number of likely N-dealkylation sites (N-methyl/N-ethyl adjacent to an activating group) is 1. The third-order valence-corrected chi connectivity index (χ3v) is 3.44. The Bertz CT molecular complexity index is 387. The van der Waals surface area contributed by atoms with Gasteiger partial charge in [0.2, 0.25) is 5.91 Å². The minimum Gasteiger partial charge on any atom is -0.341 e. The highest BCUT2D eigenvalue weighted by Gasteiger charge is 2.30. The summed E-state index contributed by atoms with van der Waals surface area (Å²) in [6.07, 6.45) is 2.53. The molecule has 1 unspecified atom stereocenters. The standard InChI is InChI=1S/C16H26N2O/c1-4-12-16(3,17)15(19)18(5-2)13-11-14-9-7-6-8-10-14/h6-10H,4-5,11-13,17H2,1-3H3. The summed E-state index contributed by atoms with van der Waals surface area (Å²) in [5.41, 5.74) is 6.64. The van der Waals surface area contributed by atoms with E-state index >= 15 is 0 Å². The fourth-order valence-electron chi connectivity index (χ4n) is 2.30. The monoisotopic (exact) mass is 262 g/mol. The van der Waals surface area contributed by atoms with E-state index in [2.05, 4.69) is 19.1 Å². The van der Waals surface area contributed by atoms with Crippen molar-refractivity contribution >= 4 is 5.91 Å². The van der Waals surface area contributed by atoms with Gasteiger partial charge in [0, 0.05) is 13.1 Å². The van der Waals surface area contributed by atoms with Gasteiger partial charge in [-0.25, -0.2) is 0 Å². The molecule has 1 atom stereocenters. The number of nitrogens with zero attached hydrogens (tertiary/aromatic N) is 1. The second-order valence-electron chi connectivity index (χ2n) is 5.29. The summed E-state index contributed by atoms with van der Waals surface area (Å²) in [7, 11) is 0. The van der Waals surface area contributed by atoms with Crippen molar-refractivity contribution in [3.8, 4) is 0 Å². The number of nitrogens with two attached hydrogens (primary N) is 1. The SMILES string of the molecule is CCCC(C)(N)C(=O)N(CC)CCc1ccccc1. The van der Waals surface area contributed by atoms with Crippen LogP contribution in [0.5, 0.6) is 0 Å². The van der Waals surface area contributed by atoms with Gasteiger partial charge in [-0.2, -0.15) is 0 Å². The summed E-state index contributed by atoms with van der Waals surface area (Å²) in [6, 6.07) is 10.2. The summed E-state index contributed by atoms with van der Waals surface area (Å²) >= 11 is 0. The molecule has 1 rings (SSSR count). The van der Waals surface area contributed by atoms with Crippen LogP contribution in [0.4, 0.5) is 0 Å². The Labute approximate surface area is 116 Å². The lowest BCUT2D eigenvalue weighted by Gasteiger charge is -2.31. The maximum Gasteiger partial charge on any atom is 0.242 e. The summed E-state index contributed by atoms with van der Waals surface area (Å²) in [4.78, 5) is 14.3. The zero-order valence-corrected chi connectivity index (χ0v) is 12.4. The van der Waals surface area contributed by atoms with Crippen LogP contribution in [0.1, 0.15) is 39.2 Å². The van der Waals surface area contributed by atoms with Crippen molar-refractivity contribution in [2.24, 2.45) is 5.73 Å². The molecule has 1 amide bonds. The average molecular weight is 262 g/mol. The van der Waals surface area contributed by atoms with Gasteiger partial charge in [-0.1, -0.05) is 43.7 Å². The number of carbonyl (C=O) groups excluding carboxylic acids is 1. The summed E-state index contributed by atoms with van der Waals surface area (Å²) in [5, 5.41) is 0. The van der Waals surface area contributed by atoms with Gasteiger partial charge in [0.25, 0.3) is 0 Å². The predicted molar refractivity (Wildman–Crippen MR) is 79.9 cm³/mol. The van der Waals surface area contributed by atoms with Crippen molar-refractivity contribution in [1.82, 2.24) is 4.90 Å². The van der Waals surface area contributed by atoms with Crippen molar-refractivity contribution in [2.45, 2.75) is 45.6 Å². The third kappa shape index (κ3) is 4.67. The molecule has 2 N–H and O–H groups in total. The van der Waals surface area contributed by atoms with Crippen LogP contribution in [0, 0.1) is 0 Å². The molecule has 0 aliphatic heterocycles. The van der Waals surface area contributed by atoms with E-state index in [1.54, 1.807) is 0 Å². The topological polar surface area (TPSA) is 46.3 Å². The fourth-order valence-corrected chi connectivity index (χ4v) is 2.30. The minimum absolute atomic E-state index is 0.0628. The molecule has 1 aromatic rings. The molecule has 0 saturated heterocycles. The fraction of sp³-hybridized carbons (Fsp3) is 0.562. The van der Waals surface area contributed by atoms with Crippen LogP contribution in [0.3, 0.4) is 0 Å². The maximum absolute atomic E-state index is 12.4. The van der Waals surface area contributed by atoms with Crippen LogP contribution >= 0.6 is 0 Å². The molecule has 3 heteroatoms. The summed E-state index contributed by atoms with van der Waals surface area (Å²) in [5.74, 6) is 0.0628. The van der Waals surface area contributed by atoms with Crippen LogP contribution in [-0.2, 0) is 11.2 Å². The average Bonchev–Trinajstić information content (AvgIpc) is 2.40. The molecule has 1 aromatic carbocycles. The van der Waals surface area contributed by atoms with Gasteiger partial charge in [-0.15, -0.1) is 0 Å². The van der Waals surface area contributed by atoms with E-state index in [1.807, 2.05) is 36.9 Å². The van der Waals surface area contributed by atoms with E-state index in [0.29, 0.717) is 6.54 Å². The Morgan fingerprint density at radius 2 is 1.89 bits per heavy atom. The predicted octanol–water partition coefficient (Wildman–Crippen LogP) is 2.60. The lowest BCUT2D eigenvalue weighted by atomic mass is 9.95. The number of hydrogen-bond donors (Lipinski definition) is 1. The lowest BCUT2D eigenvalue weighted by molar-refractivity contribution is -0.136. The number of amides is 1. The molecule has 0 aromatic heterocycles. The first-order chi connectivity index (χ1) is 9.01. The molecule has 106 valence electrons. The van der Waals surface area contributed by atoms with Gasteiger partial charge in [0.15, 0.2) is 0 Å². The van der Waals surface area contributed by atoms with Crippen LogP contribution in [-0.4, -0.2) is 29.4 Å². The lowest BCUT2D eigenvalue weighted by Crippen LogP contribution is -2.53. The van der Waals surface area contributed by atoms with E-state index in [9.17, 15) is 4.79 Å². The molecule has 0 bridgehead atoms. The first-order valence-corrected chi connectivity index (χ1v) is 7.13. The van der Waals surface area contributed by atoms with E-state index in [1.165, 1.54) is 5.56 Å². The number of hydrogen-bond acceptors (Lipinski definition) is 2. The Morgan fingerprint density at radius 1 is 1.26 bits per heavy atom. The molecule has 0 aliphatic rings. The molecule has 0 fully saturated rings. The molecule has 0 spiro atoms. The second-order valence-corrected chi connectivity index (χ2v) is 5.29. The largest absolute Gasteiger partial charge is 0.341 e. The van der Waals surface area contributed by atoms with Gasteiger partial charge >= 0.3 is 0 Å². The first-order valence-electron chi connectivity index (χ1n) is 7.13. The van der Waals surface area contributed by atoms with Gasteiger partial charge in [0.05, 0.1) is 5.54 Å². The van der Waals surface area contributed by atoms with Crippen LogP contribution in [0.25, 0.3) is 0 Å². The molecular formula is C16H26N2O. The number of carbonyl (C=O) groups is 1. The van der Waals surface area contributed by atoms with E-state index in [4.69, 9.17) is 5.73 Å². The number of rotatable bonds is 7. The van der Waals surface area contributed by atoms with Crippen LogP contribution in [0.2, 0.25) is 0 Å². The Hall–Kier alpha value is -1.35. The van der Waals surface area contributed by atoms with Gasteiger partial charge in [0.1, 0.15) is 0 Å².